The molecule has 0 aromatic heterocycles. The number of hydrogen-bond donors (Lipinski definition) is 1. The Morgan fingerprint density at radius 1 is 1.03 bits per heavy atom. The van der Waals surface area contributed by atoms with E-state index in [1.807, 2.05) is 0 Å². The maximum Gasteiger partial charge on any atom is 0.417 e. The molecule has 0 heterocycles. The van der Waals surface area contributed by atoms with Crippen molar-refractivity contribution in [2.24, 2.45) is 0 Å². The van der Waals surface area contributed by atoms with Gasteiger partial charge in [0, 0.05) is 5.56 Å². The van der Waals surface area contributed by atoms with E-state index >= 15 is 0 Å². The third kappa shape index (κ3) is 6.51. The van der Waals surface area contributed by atoms with Gasteiger partial charge < -0.3 is 14.8 Å². The third-order valence-electron chi connectivity index (χ3n) is 5.72. The maximum absolute atomic E-state index is 13.6. The van der Waals surface area contributed by atoms with Gasteiger partial charge in [-0.2, -0.15) is 13.2 Å². The van der Waals surface area contributed by atoms with Gasteiger partial charge in [0.1, 0.15) is 18.0 Å². The van der Waals surface area contributed by atoms with E-state index in [1.165, 1.54) is 26.4 Å². The number of anilines is 1. The van der Waals surface area contributed by atoms with Gasteiger partial charge in [0.05, 0.1) is 41.4 Å². The van der Waals surface area contributed by atoms with E-state index in [4.69, 9.17) is 21.1 Å². The number of aryl methyl sites for hydroxylation is 1. The molecule has 204 valence electrons. The Kier molecular flexibility index (Phi) is 8.83. The Morgan fingerprint density at radius 2 is 1.68 bits per heavy atom. The monoisotopic (exact) mass is 570 g/mol. The van der Waals surface area contributed by atoms with Gasteiger partial charge in [-0.25, -0.2) is 8.42 Å². The van der Waals surface area contributed by atoms with Crippen LogP contribution in [0.4, 0.5) is 18.9 Å². The average Bonchev–Trinajstić information content (AvgIpc) is 2.86. The summed E-state index contributed by atoms with van der Waals surface area (Å²) < 4.78 is 79.0. The van der Waals surface area contributed by atoms with E-state index < -0.39 is 45.3 Å². The summed E-state index contributed by atoms with van der Waals surface area (Å²) in [5.41, 5.74) is -0.265. The number of nitrogens with zero attached hydrogens (tertiary/aromatic N) is 1. The molecule has 1 atom stereocenters. The van der Waals surface area contributed by atoms with E-state index in [9.17, 15) is 26.4 Å². The zero-order valence-electron chi connectivity index (χ0n) is 21.0. The summed E-state index contributed by atoms with van der Waals surface area (Å²) in [6.45, 7) is 2.61. The number of amides is 1. The van der Waals surface area contributed by atoms with Crippen LogP contribution in [0.3, 0.4) is 0 Å². The number of carbonyl (C=O) groups excluding carboxylic acids is 1. The fourth-order valence-corrected chi connectivity index (χ4v) is 5.35. The highest BCUT2D eigenvalue weighted by atomic mass is 35.5. The molecule has 3 aromatic rings. The van der Waals surface area contributed by atoms with Crippen molar-refractivity contribution in [3.8, 4) is 11.5 Å². The van der Waals surface area contributed by atoms with E-state index in [0.717, 1.165) is 17.7 Å². The van der Waals surface area contributed by atoms with Gasteiger partial charge in [0.25, 0.3) is 10.0 Å². The molecule has 38 heavy (non-hydrogen) atoms. The van der Waals surface area contributed by atoms with Crippen LogP contribution in [0.5, 0.6) is 11.5 Å². The first-order valence-electron chi connectivity index (χ1n) is 11.3. The summed E-state index contributed by atoms with van der Waals surface area (Å²) in [5, 5.41) is 2.08. The Labute approximate surface area is 224 Å². The molecule has 12 heteroatoms. The lowest BCUT2D eigenvalue weighted by molar-refractivity contribution is -0.137. The van der Waals surface area contributed by atoms with Crippen molar-refractivity contribution >= 4 is 33.2 Å². The first-order valence-corrected chi connectivity index (χ1v) is 13.1. The SMILES string of the molecule is COc1ccc(OC)c(C(C)NC(=O)CN(c2ccc(Cl)c(C(F)(F)F)c2)S(=O)(=O)c2ccc(C)cc2)c1. The van der Waals surface area contributed by atoms with Crippen LogP contribution in [0.1, 0.15) is 29.7 Å². The van der Waals surface area contributed by atoms with Crippen LogP contribution in [0.25, 0.3) is 0 Å². The van der Waals surface area contributed by atoms with Crippen LogP contribution >= 0.6 is 11.6 Å². The molecular formula is C26H26ClF3N2O5S. The lowest BCUT2D eigenvalue weighted by Gasteiger charge is -2.26. The second-order valence-corrected chi connectivity index (χ2v) is 10.7. The lowest BCUT2D eigenvalue weighted by Crippen LogP contribution is -2.41. The highest BCUT2D eigenvalue weighted by molar-refractivity contribution is 7.92. The normalized spacial score (nSPS) is 12.5. The fourth-order valence-electron chi connectivity index (χ4n) is 3.71. The van der Waals surface area contributed by atoms with E-state index in [-0.39, 0.29) is 10.6 Å². The van der Waals surface area contributed by atoms with Gasteiger partial charge in [-0.1, -0.05) is 29.3 Å². The van der Waals surface area contributed by atoms with Crippen LogP contribution in [0.15, 0.2) is 65.6 Å². The zero-order chi connectivity index (χ0) is 28.3. The van der Waals surface area contributed by atoms with Crippen molar-refractivity contribution in [3.63, 3.8) is 0 Å². The molecule has 1 unspecified atom stereocenters. The van der Waals surface area contributed by atoms with E-state index in [1.54, 1.807) is 44.2 Å². The van der Waals surface area contributed by atoms with Gasteiger partial charge >= 0.3 is 6.18 Å². The summed E-state index contributed by atoms with van der Waals surface area (Å²) in [6.07, 6.45) is -4.84. The number of ether oxygens (including phenoxy) is 2. The van der Waals surface area contributed by atoms with Crippen molar-refractivity contribution < 1.29 is 35.9 Å². The maximum atomic E-state index is 13.6. The highest BCUT2D eigenvalue weighted by Crippen LogP contribution is 2.38. The molecule has 1 N–H and O–H groups in total. The molecule has 7 nitrogen and oxygen atoms in total. The first-order chi connectivity index (χ1) is 17.8. The molecule has 1 amide bonds. The number of carbonyl (C=O) groups is 1. The molecular weight excluding hydrogens is 545 g/mol. The predicted octanol–water partition coefficient (Wildman–Crippen LogP) is 5.76. The molecule has 0 aliphatic heterocycles. The van der Waals surface area contributed by atoms with Gasteiger partial charge in [-0.3, -0.25) is 9.10 Å². The van der Waals surface area contributed by atoms with Crippen molar-refractivity contribution in [1.29, 1.82) is 0 Å². The van der Waals surface area contributed by atoms with Crippen LogP contribution < -0.4 is 19.1 Å². The highest BCUT2D eigenvalue weighted by Gasteiger charge is 2.35. The van der Waals surface area contributed by atoms with Crippen molar-refractivity contribution in [1.82, 2.24) is 5.32 Å². The second kappa shape index (κ2) is 11.5. The Morgan fingerprint density at radius 3 is 2.26 bits per heavy atom. The van der Waals surface area contributed by atoms with Crippen LogP contribution in [-0.4, -0.2) is 35.1 Å². The minimum atomic E-state index is -4.84. The molecule has 0 fully saturated rings. The van der Waals surface area contributed by atoms with Gasteiger partial charge in [-0.15, -0.1) is 0 Å². The number of rotatable bonds is 9. The smallest absolute Gasteiger partial charge is 0.417 e. The molecule has 0 aliphatic rings. The fraction of sp³-hybridized carbons (Fsp3) is 0.269. The quantitative estimate of drug-likeness (QED) is 0.354. The van der Waals surface area contributed by atoms with Crippen molar-refractivity contribution in [2.75, 3.05) is 25.1 Å². The number of halogens is 4. The molecule has 0 bridgehead atoms. The Hall–Kier alpha value is -3.44. The second-order valence-electron chi connectivity index (χ2n) is 8.38. The van der Waals surface area contributed by atoms with Crippen LogP contribution in [-0.2, 0) is 21.0 Å². The third-order valence-corrected chi connectivity index (χ3v) is 7.84. The largest absolute Gasteiger partial charge is 0.497 e. The molecule has 0 aliphatic carbocycles. The summed E-state index contributed by atoms with van der Waals surface area (Å²) >= 11 is 5.74. The summed E-state index contributed by atoms with van der Waals surface area (Å²) in [4.78, 5) is 12.9. The van der Waals surface area contributed by atoms with E-state index in [0.29, 0.717) is 27.4 Å². The van der Waals surface area contributed by atoms with Crippen LogP contribution in [0.2, 0.25) is 5.02 Å². The number of benzene rings is 3. The minimum absolute atomic E-state index is 0.193. The standard InChI is InChI=1S/C26H26ClF3N2O5S/c1-16-5-9-20(10-6-16)38(34,35)32(18-7-11-23(27)22(13-18)26(28,29)30)15-25(33)31-17(2)21-14-19(36-3)8-12-24(21)37-4/h5-14,17H,15H2,1-4H3,(H,31,33). The van der Waals surface area contributed by atoms with Crippen molar-refractivity contribution in [3.05, 3.63) is 82.4 Å². The lowest BCUT2D eigenvalue weighted by atomic mass is 10.1. The summed E-state index contributed by atoms with van der Waals surface area (Å²) in [5.74, 6) is 0.197. The number of nitrogens with one attached hydrogen (secondary N) is 1. The van der Waals surface area contributed by atoms with Gasteiger partial charge in [0.15, 0.2) is 0 Å². The Balaban J connectivity index is 2.01. The first kappa shape index (κ1) is 29.1. The molecule has 3 rings (SSSR count). The number of sulfonamides is 1. The zero-order valence-corrected chi connectivity index (χ0v) is 22.5. The molecule has 3 aromatic carbocycles. The summed E-state index contributed by atoms with van der Waals surface area (Å²) in [6, 6.07) is 12.7. The molecule has 0 spiro atoms. The van der Waals surface area contributed by atoms with E-state index in [2.05, 4.69) is 5.32 Å². The predicted molar refractivity (Wildman–Crippen MR) is 138 cm³/mol. The van der Waals surface area contributed by atoms with Crippen LogP contribution in [0, 0.1) is 6.92 Å². The summed E-state index contributed by atoms with van der Waals surface area (Å²) in [7, 11) is -1.52. The average molecular weight is 571 g/mol. The number of methoxy groups -OCH3 is 2. The minimum Gasteiger partial charge on any atom is -0.497 e. The van der Waals surface area contributed by atoms with Gasteiger partial charge in [0.2, 0.25) is 5.91 Å². The number of alkyl halides is 3. The number of hydrogen-bond acceptors (Lipinski definition) is 5. The molecule has 0 radical (unpaired) electrons. The Bertz CT molecular complexity index is 1410. The topological polar surface area (TPSA) is 84.9 Å². The molecule has 0 saturated heterocycles. The molecule has 0 saturated carbocycles. The van der Waals surface area contributed by atoms with Gasteiger partial charge in [-0.05, 0) is 62.4 Å². The van der Waals surface area contributed by atoms with Crippen molar-refractivity contribution in [2.45, 2.75) is 31.0 Å².